The summed E-state index contributed by atoms with van der Waals surface area (Å²) in [5.41, 5.74) is 8.10. The Bertz CT molecular complexity index is 174. The fourth-order valence-electron chi connectivity index (χ4n) is 4.86. The van der Waals surface area contributed by atoms with Gasteiger partial charge in [0.1, 0.15) is 0 Å². The normalized spacial score (nSPS) is 52.8. The van der Waals surface area contributed by atoms with Crippen molar-refractivity contribution < 1.29 is 0 Å². The molecule has 0 aliphatic heterocycles. The fraction of sp³-hybridized carbons (Fsp3) is 1.00. The molecule has 1 heteroatoms. The third kappa shape index (κ3) is 1.24. The maximum absolute atomic E-state index is 7.44. The van der Waals surface area contributed by atoms with Crippen molar-refractivity contribution in [1.82, 2.24) is 5.73 Å². The van der Waals surface area contributed by atoms with Crippen molar-refractivity contribution in [2.45, 2.75) is 44.9 Å². The lowest BCUT2D eigenvalue weighted by Gasteiger charge is -2.57. The molecule has 1 radical (unpaired) electrons. The van der Waals surface area contributed by atoms with Gasteiger partial charge in [-0.15, -0.1) is 0 Å². The van der Waals surface area contributed by atoms with Crippen molar-refractivity contribution >= 4 is 0 Å². The lowest BCUT2D eigenvalue weighted by Crippen LogP contribution is -2.46. The summed E-state index contributed by atoms with van der Waals surface area (Å²) in [7, 11) is 0. The van der Waals surface area contributed by atoms with Crippen molar-refractivity contribution in [1.29, 1.82) is 0 Å². The summed E-state index contributed by atoms with van der Waals surface area (Å²) < 4.78 is 0. The van der Waals surface area contributed by atoms with E-state index in [1.165, 1.54) is 44.9 Å². The largest absolute Gasteiger partial charge is 0.258 e. The minimum absolute atomic E-state index is 0.663. The fourth-order valence-corrected chi connectivity index (χ4v) is 4.86. The Morgan fingerprint density at radius 1 is 0.923 bits per heavy atom. The molecule has 0 atom stereocenters. The van der Waals surface area contributed by atoms with Crippen LogP contribution in [0.1, 0.15) is 44.9 Å². The van der Waals surface area contributed by atoms with Crippen LogP contribution in [0.25, 0.3) is 0 Å². The van der Waals surface area contributed by atoms with Crippen molar-refractivity contribution in [3.05, 3.63) is 0 Å². The van der Waals surface area contributed by atoms with Gasteiger partial charge in [0.25, 0.3) is 0 Å². The highest BCUT2D eigenvalue weighted by Crippen LogP contribution is 2.61. The molecule has 0 amide bonds. The monoisotopic (exact) mass is 178 g/mol. The molecule has 0 saturated heterocycles. The van der Waals surface area contributed by atoms with Gasteiger partial charge in [-0.05, 0) is 68.1 Å². The first kappa shape index (κ1) is 8.28. The zero-order valence-corrected chi connectivity index (χ0v) is 8.39. The molecule has 4 bridgehead atoms. The summed E-state index contributed by atoms with van der Waals surface area (Å²) in [5.74, 6) is 3.20. The Morgan fingerprint density at radius 2 is 1.38 bits per heavy atom. The highest BCUT2D eigenvalue weighted by molar-refractivity contribution is 5.01. The average Bonchev–Trinajstić information content (AvgIpc) is 2.00. The second-order valence-electron chi connectivity index (χ2n) is 5.92. The summed E-state index contributed by atoms with van der Waals surface area (Å²) in [4.78, 5) is 0. The zero-order chi connectivity index (χ0) is 8.89. The van der Waals surface area contributed by atoms with E-state index in [-0.39, 0.29) is 0 Å². The highest BCUT2D eigenvalue weighted by Gasteiger charge is 2.50. The number of rotatable bonds is 2. The molecule has 0 spiro atoms. The molecule has 4 fully saturated rings. The molecule has 1 nitrogen and oxygen atoms in total. The first-order chi connectivity index (χ1) is 6.30. The molecule has 0 unspecified atom stereocenters. The first-order valence-corrected chi connectivity index (χ1v) is 5.94. The number of hydrogen-bond acceptors (Lipinski definition) is 0. The van der Waals surface area contributed by atoms with E-state index in [0.717, 1.165) is 17.8 Å². The molecule has 4 aliphatic rings. The lowest BCUT2D eigenvalue weighted by atomic mass is 9.49. The first-order valence-electron chi connectivity index (χ1n) is 5.94. The van der Waals surface area contributed by atoms with Crippen LogP contribution in [-0.4, -0.2) is 6.54 Å². The van der Waals surface area contributed by atoms with Crippen LogP contribution in [0.4, 0.5) is 0 Å². The van der Waals surface area contributed by atoms with E-state index in [9.17, 15) is 0 Å². The van der Waals surface area contributed by atoms with Crippen molar-refractivity contribution in [3.8, 4) is 0 Å². The standard InChI is InChI=1S/C12H20N/c13-2-1-12-6-9-3-10(7-12)5-11(4-9)8-12/h9-11,13H,1-8H2. The van der Waals surface area contributed by atoms with Gasteiger partial charge >= 0.3 is 0 Å². The van der Waals surface area contributed by atoms with Crippen LogP contribution >= 0.6 is 0 Å². The topological polar surface area (TPSA) is 23.8 Å². The molecule has 4 saturated carbocycles. The van der Waals surface area contributed by atoms with Crippen LogP contribution < -0.4 is 5.73 Å². The van der Waals surface area contributed by atoms with Gasteiger partial charge in [-0.1, -0.05) is 0 Å². The quantitative estimate of drug-likeness (QED) is 0.621. The summed E-state index contributed by atoms with van der Waals surface area (Å²) in [6.45, 7) is 0.673. The maximum Gasteiger partial charge on any atom is 0.0105 e. The molecule has 0 aromatic carbocycles. The Labute approximate surface area is 81.1 Å². The highest BCUT2D eigenvalue weighted by atomic mass is 14.6. The Hall–Kier alpha value is -0.0400. The van der Waals surface area contributed by atoms with E-state index < -0.39 is 0 Å². The van der Waals surface area contributed by atoms with Crippen LogP contribution in [0.2, 0.25) is 0 Å². The summed E-state index contributed by atoms with van der Waals surface area (Å²) in [6, 6.07) is 0. The van der Waals surface area contributed by atoms with E-state index in [4.69, 9.17) is 5.73 Å². The average molecular weight is 178 g/mol. The number of hydrogen-bond donors (Lipinski definition) is 0. The minimum atomic E-state index is 0.663. The smallest absolute Gasteiger partial charge is 0.0105 e. The van der Waals surface area contributed by atoms with Gasteiger partial charge in [0.2, 0.25) is 0 Å². The third-order valence-corrected chi connectivity index (χ3v) is 4.82. The zero-order valence-electron chi connectivity index (χ0n) is 8.39. The van der Waals surface area contributed by atoms with Gasteiger partial charge in [0.05, 0.1) is 0 Å². The summed E-state index contributed by atoms with van der Waals surface area (Å²) in [5, 5.41) is 0. The van der Waals surface area contributed by atoms with Gasteiger partial charge in [0, 0.05) is 6.54 Å². The molecule has 13 heavy (non-hydrogen) atoms. The van der Waals surface area contributed by atoms with Crippen LogP contribution in [0.3, 0.4) is 0 Å². The van der Waals surface area contributed by atoms with Crippen LogP contribution in [0, 0.1) is 23.2 Å². The van der Waals surface area contributed by atoms with Crippen LogP contribution in [0.15, 0.2) is 0 Å². The molecule has 0 aromatic rings. The minimum Gasteiger partial charge on any atom is -0.258 e. The van der Waals surface area contributed by atoms with Crippen LogP contribution in [-0.2, 0) is 0 Å². The van der Waals surface area contributed by atoms with Gasteiger partial charge in [-0.25, -0.2) is 0 Å². The van der Waals surface area contributed by atoms with E-state index in [1.807, 2.05) is 0 Å². The molecule has 4 aliphatic carbocycles. The Kier molecular flexibility index (Phi) is 1.74. The van der Waals surface area contributed by atoms with Crippen molar-refractivity contribution in [3.63, 3.8) is 0 Å². The predicted octanol–water partition coefficient (Wildman–Crippen LogP) is 2.88. The second kappa shape index (κ2) is 2.73. The van der Waals surface area contributed by atoms with Crippen LogP contribution in [0.5, 0.6) is 0 Å². The summed E-state index contributed by atoms with van der Waals surface area (Å²) in [6.07, 6.45) is 10.3. The predicted molar refractivity (Wildman–Crippen MR) is 53.2 cm³/mol. The van der Waals surface area contributed by atoms with Crippen molar-refractivity contribution in [2.24, 2.45) is 23.2 Å². The van der Waals surface area contributed by atoms with E-state index in [0.29, 0.717) is 12.0 Å². The van der Waals surface area contributed by atoms with Gasteiger partial charge in [0.15, 0.2) is 0 Å². The van der Waals surface area contributed by atoms with E-state index in [1.54, 1.807) is 0 Å². The third-order valence-electron chi connectivity index (χ3n) is 4.82. The molecular formula is C12H20N. The Balaban J connectivity index is 1.83. The van der Waals surface area contributed by atoms with E-state index >= 15 is 0 Å². The van der Waals surface area contributed by atoms with Gasteiger partial charge in [-0.2, -0.15) is 0 Å². The molecule has 0 aromatic heterocycles. The second-order valence-corrected chi connectivity index (χ2v) is 5.92. The molecule has 0 heterocycles. The van der Waals surface area contributed by atoms with E-state index in [2.05, 4.69) is 0 Å². The van der Waals surface area contributed by atoms with Gasteiger partial charge < -0.3 is 0 Å². The Morgan fingerprint density at radius 3 is 1.77 bits per heavy atom. The molecule has 4 rings (SSSR count). The molecular weight excluding hydrogens is 158 g/mol. The van der Waals surface area contributed by atoms with Gasteiger partial charge in [-0.3, -0.25) is 5.73 Å². The molecule has 73 valence electrons. The number of nitrogens with one attached hydrogen (secondary N) is 1. The summed E-state index contributed by atoms with van der Waals surface area (Å²) >= 11 is 0. The lowest BCUT2D eigenvalue weighted by molar-refractivity contribution is -0.0559. The SMILES string of the molecule is [NH]CCC12CC3CC(CC(C3)C1)C2. The van der Waals surface area contributed by atoms with Crippen molar-refractivity contribution in [2.75, 3.05) is 6.54 Å². The maximum atomic E-state index is 7.44. The molecule has 1 N–H and O–H groups in total.